The molecule has 21 heavy (non-hydrogen) atoms. The minimum atomic E-state index is -0.871. The van der Waals surface area contributed by atoms with E-state index in [4.69, 9.17) is 9.52 Å². The summed E-state index contributed by atoms with van der Waals surface area (Å²) in [5.41, 5.74) is 1.09. The van der Waals surface area contributed by atoms with Crippen LogP contribution < -0.4 is 0 Å². The number of hydrogen-bond donors (Lipinski definition) is 1. The van der Waals surface area contributed by atoms with Crippen LogP contribution in [0.25, 0.3) is 10.8 Å². The van der Waals surface area contributed by atoms with E-state index in [1.807, 2.05) is 18.2 Å². The molecule has 0 spiro atoms. The van der Waals surface area contributed by atoms with Crippen molar-refractivity contribution in [2.45, 2.75) is 19.3 Å². The predicted octanol–water partition coefficient (Wildman–Crippen LogP) is 2.83. The van der Waals surface area contributed by atoms with E-state index in [0.29, 0.717) is 18.2 Å². The molecule has 2 aromatic carbocycles. The monoisotopic (exact) mass is 282 g/mol. The maximum atomic E-state index is 10.5. The molecule has 3 rings (SSSR count). The van der Waals surface area contributed by atoms with Crippen LogP contribution in [0.4, 0.5) is 0 Å². The van der Waals surface area contributed by atoms with E-state index in [-0.39, 0.29) is 12.8 Å². The van der Waals surface area contributed by atoms with Crippen molar-refractivity contribution in [1.82, 2.24) is 10.2 Å². The van der Waals surface area contributed by atoms with E-state index in [0.717, 1.165) is 5.56 Å². The van der Waals surface area contributed by atoms with Gasteiger partial charge in [-0.05, 0) is 16.3 Å². The smallest absolute Gasteiger partial charge is 0.303 e. The van der Waals surface area contributed by atoms with Gasteiger partial charge in [0.05, 0.1) is 12.8 Å². The van der Waals surface area contributed by atoms with E-state index < -0.39 is 5.97 Å². The lowest BCUT2D eigenvalue weighted by Crippen LogP contribution is -1.97. The number of rotatable bonds is 5. The topological polar surface area (TPSA) is 76.2 Å². The Morgan fingerprint density at radius 1 is 1.05 bits per heavy atom. The molecule has 0 atom stereocenters. The van der Waals surface area contributed by atoms with Crippen molar-refractivity contribution in [3.05, 3.63) is 59.8 Å². The van der Waals surface area contributed by atoms with Gasteiger partial charge < -0.3 is 9.52 Å². The Hall–Kier alpha value is -2.69. The normalized spacial score (nSPS) is 10.9. The Labute approximate surface area is 121 Å². The van der Waals surface area contributed by atoms with Gasteiger partial charge >= 0.3 is 5.97 Å². The van der Waals surface area contributed by atoms with E-state index in [1.54, 1.807) is 0 Å². The fraction of sp³-hybridized carbons (Fsp3) is 0.188. The van der Waals surface area contributed by atoms with E-state index in [1.165, 1.54) is 10.8 Å². The maximum Gasteiger partial charge on any atom is 0.303 e. The van der Waals surface area contributed by atoms with Gasteiger partial charge in [0.2, 0.25) is 11.8 Å². The molecule has 0 saturated carbocycles. The van der Waals surface area contributed by atoms with Crippen molar-refractivity contribution in [1.29, 1.82) is 0 Å². The molecule has 0 amide bonds. The molecular weight excluding hydrogens is 268 g/mol. The van der Waals surface area contributed by atoms with Crippen molar-refractivity contribution in [3.8, 4) is 0 Å². The molecule has 106 valence electrons. The van der Waals surface area contributed by atoms with Crippen LogP contribution in [0.1, 0.15) is 23.8 Å². The number of nitrogens with zero attached hydrogens (tertiary/aromatic N) is 2. The minimum absolute atomic E-state index is 0.00237. The average Bonchev–Trinajstić information content (AvgIpc) is 2.92. The predicted molar refractivity (Wildman–Crippen MR) is 77.0 cm³/mol. The summed E-state index contributed by atoms with van der Waals surface area (Å²) in [6, 6.07) is 14.3. The van der Waals surface area contributed by atoms with Gasteiger partial charge in [0.25, 0.3) is 0 Å². The molecule has 1 N–H and O–H groups in total. The number of fused-ring (bicyclic) bond motifs is 1. The van der Waals surface area contributed by atoms with E-state index in [2.05, 4.69) is 34.5 Å². The molecule has 0 fully saturated rings. The van der Waals surface area contributed by atoms with E-state index >= 15 is 0 Å². The van der Waals surface area contributed by atoms with Crippen LogP contribution in [0, 0.1) is 0 Å². The number of carbonyl (C=O) groups is 1. The molecule has 0 bridgehead atoms. The summed E-state index contributed by atoms with van der Waals surface area (Å²) < 4.78 is 5.46. The fourth-order valence-corrected chi connectivity index (χ4v) is 2.20. The van der Waals surface area contributed by atoms with Gasteiger partial charge in [-0.25, -0.2) is 0 Å². The summed E-state index contributed by atoms with van der Waals surface area (Å²) in [5, 5.41) is 18.8. The molecule has 1 aromatic heterocycles. The molecule has 3 aromatic rings. The van der Waals surface area contributed by atoms with Gasteiger partial charge in [0, 0.05) is 6.42 Å². The summed E-state index contributed by atoms with van der Waals surface area (Å²) in [5.74, 6) is 0.00291. The summed E-state index contributed by atoms with van der Waals surface area (Å²) in [6.45, 7) is 0. The number of hydrogen-bond acceptors (Lipinski definition) is 4. The first-order chi connectivity index (χ1) is 10.2. The number of carboxylic acids is 1. The Bertz CT molecular complexity index is 780. The lowest BCUT2D eigenvalue weighted by atomic mass is 10.1. The highest BCUT2D eigenvalue weighted by Crippen LogP contribution is 2.17. The molecular formula is C16H14N2O3. The second-order valence-corrected chi connectivity index (χ2v) is 4.84. The molecule has 1 heterocycles. The summed E-state index contributed by atoms with van der Waals surface area (Å²) in [4.78, 5) is 10.5. The molecule has 0 saturated heterocycles. The summed E-state index contributed by atoms with van der Waals surface area (Å²) >= 11 is 0. The lowest BCUT2D eigenvalue weighted by Gasteiger charge is -2.01. The SMILES string of the molecule is O=C(O)CCc1nnc(Cc2ccc3ccccc3c2)o1. The third kappa shape index (κ3) is 3.25. The van der Waals surface area contributed by atoms with Crippen molar-refractivity contribution in [2.75, 3.05) is 0 Å². The highest BCUT2D eigenvalue weighted by atomic mass is 16.4. The Kier molecular flexibility index (Phi) is 3.64. The lowest BCUT2D eigenvalue weighted by molar-refractivity contribution is -0.137. The van der Waals surface area contributed by atoms with Gasteiger partial charge in [-0.2, -0.15) is 0 Å². The van der Waals surface area contributed by atoms with Crippen molar-refractivity contribution in [2.24, 2.45) is 0 Å². The number of aromatic nitrogens is 2. The molecule has 0 unspecified atom stereocenters. The molecule has 0 aliphatic rings. The van der Waals surface area contributed by atoms with Crippen LogP contribution in [0.3, 0.4) is 0 Å². The largest absolute Gasteiger partial charge is 0.481 e. The number of aliphatic carboxylic acids is 1. The van der Waals surface area contributed by atoms with Gasteiger partial charge in [-0.15, -0.1) is 10.2 Å². The standard InChI is InChI=1S/C16H14N2O3/c19-16(20)8-7-14-17-18-15(21-14)10-11-5-6-12-3-1-2-4-13(12)9-11/h1-6,9H,7-8,10H2,(H,19,20). The van der Waals surface area contributed by atoms with Gasteiger partial charge in [0.1, 0.15) is 0 Å². The number of carboxylic acid groups (broad SMARTS) is 1. The number of aryl methyl sites for hydroxylation is 1. The van der Waals surface area contributed by atoms with Gasteiger partial charge in [-0.1, -0.05) is 42.5 Å². The highest BCUT2D eigenvalue weighted by Gasteiger charge is 2.09. The first kappa shape index (κ1) is 13.3. The Morgan fingerprint density at radius 3 is 2.62 bits per heavy atom. The zero-order chi connectivity index (χ0) is 14.7. The second-order valence-electron chi connectivity index (χ2n) is 4.84. The second kappa shape index (κ2) is 5.75. The third-order valence-corrected chi connectivity index (χ3v) is 3.23. The maximum absolute atomic E-state index is 10.5. The zero-order valence-electron chi connectivity index (χ0n) is 11.3. The highest BCUT2D eigenvalue weighted by molar-refractivity contribution is 5.83. The van der Waals surface area contributed by atoms with E-state index in [9.17, 15) is 4.79 Å². The summed E-state index contributed by atoms with van der Waals surface area (Å²) in [7, 11) is 0. The zero-order valence-corrected chi connectivity index (χ0v) is 11.3. The molecule has 0 aliphatic carbocycles. The van der Waals surface area contributed by atoms with Crippen LogP contribution in [-0.4, -0.2) is 21.3 Å². The van der Waals surface area contributed by atoms with Crippen LogP contribution in [0.5, 0.6) is 0 Å². The van der Waals surface area contributed by atoms with Crippen LogP contribution >= 0.6 is 0 Å². The van der Waals surface area contributed by atoms with Crippen LogP contribution in [0.15, 0.2) is 46.9 Å². The minimum Gasteiger partial charge on any atom is -0.481 e. The number of benzene rings is 2. The van der Waals surface area contributed by atoms with Crippen molar-refractivity contribution >= 4 is 16.7 Å². The van der Waals surface area contributed by atoms with Crippen molar-refractivity contribution < 1.29 is 14.3 Å². The first-order valence-electron chi connectivity index (χ1n) is 6.71. The van der Waals surface area contributed by atoms with Gasteiger partial charge in [0.15, 0.2) is 0 Å². The Balaban J connectivity index is 1.74. The van der Waals surface area contributed by atoms with Crippen LogP contribution in [0.2, 0.25) is 0 Å². The fourth-order valence-electron chi connectivity index (χ4n) is 2.20. The molecule has 5 nitrogen and oxygen atoms in total. The third-order valence-electron chi connectivity index (χ3n) is 3.23. The average molecular weight is 282 g/mol. The first-order valence-corrected chi connectivity index (χ1v) is 6.71. The quantitative estimate of drug-likeness (QED) is 0.778. The van der Waals surface area contributed by atoms with Crippen LogP contribution in [-0.2, 0) is 17.6 Å². The summed E-state index contributed by atoms with van der Waals surface area (Å²) in [6.07, 6.45) is 0.808. The molecule has 5 heteroatoms. The molecule has 0 radical (unpaired) electrons. The van der Waals surface area contributed by atoms with Gasteiger partial charge in [-0.3, -0.25) is 4.79 Å². The molecule has 0 aliphatic heterocycles. The van der Waals surface area contributed by atoms with Crippen molar-refractivity contribution in [3.63, 3.8) is 0 Å². The Morgan fingerprint density at radius 2 is 1.81 bits per heavy atom.